The zero-order valence-corrected chi connectivity index (χ0v) is 6.84. The molecule has 0 saturated heterocycles. The summed E-state index contributed by atoms with van der Waals surface area (Å²) in [5.74, 6) is 0.278. The Morgan fingerprint density at radius 2 is 1.83 bits per heavy atom. The largest absolute Gasteiger partial charge is 0.306 e. The molecule has 1 N–H and O–H groups in total. The molecule has 62 valence electrons. The number of ketones is 1. The monoisotopic (exact) mass is 161 g/mol. The standard InChI is InChI=1S/C10H11NO/c12-10-5-8-3-1-2-4-9(8)6-11-7-10/h1-4,11H,5-7H2. The topological polar surface area (TPSA) is 29.1 Å². The molecule has 0 amide bonds. The quantitative estimate of drug-likeness (QED) is 0.612. The van der Waals surface area contributed by atoms with E-state index < -0.39 is 0 Å². The fraction of sp³-hybridized carbons (Fsp3) is 0.300. The number of rotatable bonds is 0. The summed E-state index contributed by atoms with van der Waals surface area (Å²) in [6, 6.07) is 8.09. The molecule has 0 radical (unpaired) electrons. The van der Waals surface area contributed by atoms with Gasteiger partial charge in [-0.2, -0.15) is 0 Å². The van der Waals surface area contributed by atoms with E-state index in [1.807, 2.05) is 18.2 Å². The molecule has 1 aromatic carbocycles. The zero-order valence-electron chi connectivity index (χ0n) is 6.84. The van der Waals surface area contributed by atoms with Gasteiger partial charge in [-0.05, 0) is 11.1 Å². The Bertz CT molecular complexity index is 306. The number of fused-ring (bicyclic) bond motifs is 1. The maximum absolute atomic E-state index is 11.2. The normalized spacial score (nSPS) is 16.8. The van der Waals surface area contributed by atoms with Gasteiger partial charge >= 0.3 is 0 Å². The van der Waals surface area contributed by atoms with E-state index in [0.717, 1.165) is 6.54 Å². The first-order valence-electron chi connectivity index (χ1n) is 4.15. The number of carbonyl (C=O) groups is 1. The Morgan fingerprint density at radius 3 is 2.67 bits per heavy atom. The highest BCUT2D eigenvalue weighted by molar-refractivity contribution is 5.83. The predicted molar refractivity (Wildman–Crippen MR) is 46.9 cm³/mol. The summed E-state index contributed by atoms with van der Waals surface area (Å²) in [5.41, 5.74) is 2.43. The summed E-state index contributed by atoms with van der Waals surface area (Å²) >= 11 is 0. The molecule has 0 saturated carbocycles. The molecule has 0 bridgehead atoms. The van der Waals surface area contributed by atoms with Gasteiger partial charge in [-0.1, -0.05) is 24.3 Å². The second kappa shape index (κ2) is 3.07. The number of carbonyl (C=O) groups excluding carboxylic acids is 1. The minimum Gasteiger partial charge on any atom is -0.306 e. The van der Waals surface area contributed by atoms with Crippen molar-refractivity contribution in [2.75, 3.05) is 6.54 Å². The third kappa shape index (κ3) is 1.38. The van der Waals surface area contributed by atoms with E-state index in [0.29, 0.717) is 13.0 Å². The van der Waals surface area contributed by atoms with Crippen molar-refractivity contribution in [2.45, 2.75) is 13.0 Å². The van der Waals surface area contributed by atoms with Crippen LogP contribution in [-0.2, 0) is 17.8 Å². The van der Waals surface area contributed by atoms with E-state index in [-0.39, 0.29) is 5.78 Å². The molecule has 1 aliphatic heterocycles. The molecule has 2 nitrogen and oxygen atoms in total. The van der Waals surface area contributed by atoms with Crippen molar-refractivity contribution in [3.63, 3.8) is 0 Å². The average molecular weight is 161 g/mol. The summed E-state index contributed by atoms with van der Waals surface area (Å²) in [7, 11) is 0. The first-order valence-corrected chi connectivity index (χ1v) is 4.15. The van der Waals surface area contributed by atoms with Crippen molar-refractivity contribution >= 4 is 5.78 Å². The molecule has 2 rings (SSSR count). The summed E-state index contributed by atoms with van der Waals surface area (Å²) in [6.45, 7) is 1.33. The van der Waals surface area contributed by atoms with Crippen LogP contribution >= 0.6 is 0 Å². The van der Waals surface area contributed by atoms with Crippen LogP contribution in [0.2, 0.25) is 0 Å². The van der Waals surface area contributed by atoms with Crippen LogP contribution in [0, 0.1) is 0 Å². The highest BCUT2D eigenvalue weighted by atomic mass is 16.1. The highest BCUT2D eigenvalue weighted by Crippen LogP contribution is 2.11. The van der Waals surface area contributed by atoms with Crippen LogP contribution < -0.4 is 5.32 Å². The van der Waals surface area contributed by atoms with Gasteiger partial charge in [-0.15, -0.1) is 0 Å². The third-order valence-corrected chi connectivity index (χ3v) is 2.14. The molecule has 2 heteroatoms. The SMILES string of the molecule is O=C1CNCc2ccccc2C1. The maximum Gasteiger partial charge on any atom is 0.150 e. The van der Waals surface area contributed by atoms with Gasteiger partial charge in [-0.3, -0.25) is 4.79 Å². The minimum atomic E-state index is 0.278. The summed E-state index contributed by atoms with van der Waals surface area (Å²) in [6.07, 6.45) is 0.586. The first-order chi connectivity index (χ1) is 5.86. The molecular weight excluding hydrogens is 150 g/mol. The van der Waals surface area contributed by atoms with Crippen LogP contribution in [-0.4, -0.2) is 12.3 Å². The number of hydrogen-bond acceptors (Lipinski definition) is 2. The summed E-state index contributed by atoms with van der Waals surface area (Å²) in [4.78, 5) is 11.2. The van der Waals surface area contributed by atoms with E-state index >= 15 is 0 Å². The van der Waals surface area contributed by atoms with Crippen LogP contribution in [0.4, 0.5) is 0 Å². The van der Waals surface area contributed by atoms with Crippen LogP contribution in [0.1, 0.15) is 11.1 Å². The smallest absolute Gasteiger partial charge is 0.150 e. The predicted octanol–water partition coefficient (Wildman–Crippen LogP) is 0.901. The molecule has 0 unspecified atom stereocenters. The molecule has 0 aromatic heterocycles. The van der Waals surface area contributed by atoms with Crippen molar-refractivity contribution in [1.29, 1.82) is 0 Å². The van der Waals surface area contributed by atoms with E-state index in [4.69, 9.17) is 0 Å². The zero-order chi connectivity index (χ0) is 8.39. The molecule has 12 heavy (non-hydrogen) atoms. The van der Waals surface area contributed by atoms with E-state index in [2.05, 4.69) is 11.4 Å². The Hall–Kier alpha value is -1.15. The van der Waals surface area contributed by atoms with E-state index in [1.54, 1.807) is 0 Å². The van der Waals surface area contributed by atoms with Gasteiger partial charge < -0.3 is 5.32 Å². The summed E-state index contributed by atoms with van der Waals surface area (Å²) < 4.78 is 0. The Balaban J connectivity index is 2.37. The fourth-order valence-electron chi connectivity index (χ4n) is 1.51. The molecule has 0 spiro atoms. The maximum atomic E-state index is 11.2. The number of Topliss-reactive ketones (excluding diaryl/α,β-unsaturated/α-hetero) is 1. The van der Waals surface area contributed by atoms with E-state index in [9.17, 15) is 4.79 Å². The van der Waals surface area contributed by atoms with Crippen LogP contribution in [0.15, 0.2) is 24.3 Å². The van der Waals surface area contributed by atoms with Crippen molar-refractivity contribution in [3.8, 4) is 0 Å². The van der Waals surface area contributed by atoms with Crippen LogP contribution in [0.5, 0.6) is 0 Å². The number of benzene rings is 1. The Labute approximate surface area is 71.6 Å². The minimum absolute atomic E-state index is 0.278. The highest BCUT2D eigenvalue weighted by Gasteiger charge is 2.11. The lowest BCUT2D eigenvalue weighted by molar-refractivity contribution is -0.117. The lowest BCUT2D eigenvalue weighted by Crippen LogP contribution is -2.19. The molecule has 0 aliphatic carbocycles. The second-order valence-corrected chi connectivity index (χ2v) is 3.09. The second-order valence-electron chi connectivity index (χ2n) is 3.09. The van der Waals surface area contributed by atoms with Gasteiger partial charge in [0.15, 0.2) is 5.78 Å². The molecule has 1 aromatic rings. The lowest BCUT2D eigenvalue weighted by atomic mass is 10.0. The van der Waals surface area contributed by atoms with Gasteiger partial charge in [0.2, 0.25) is 0 Å². The molecule has 0 fully saturated rings. The fourth-order valence-corrected chi connectivity index (χ4v) is 1.51. The Kier molecular flexibility index (Phi) is 1.92. The number of hydrogen-bond donors (Lipinski definition) is 1. The van der Waals surface area contributed by atoms with E-state index in [1.165, 1.54) is 11.1 Å². The first kappa shape index (κ1) is 7.50. The van der Waals surface area contributed by atoms with Gasteiger partial charge in [0.05, 0.1) is 6.54 Å². The molecular formula is C10H11NO. The van der Waals surface area contributed by atoms with Crippen LogP contribution in [0.25, 0.3) is 0 Å². The third-order valence-electron chi connectivity index (χ3n) is 2.14. The van der Waals surface area contributed by atoms with Crippen molar-refractivity contribution in [1.82, 2.24) is 5.32 Å². The molecule has 0 atom stereocenters. The van der Waals surface area contributed by atoms with Gasteiger partial charge in [-0.25, -0.2) is 0 Å². The average Bonchev–Trinajstić information content (AvgIpc) is 2.25. The Morgan fingerprint density at radius 1 is 1.08 bits per heavy atom. The molecule has 1 heterocycles. The lowest BCUT2D eigenvalue weighted by Gasteiger charge is -2.01. The van der Waals surface area contributed by atoms with Crippen molar-refractivity contribution in [3.05, 3.63) is 35.4 Å². The van der Waals surface area contributed by atoms with Gasteiger partial charge in [0.1, 0.15) is 0 Å². The molecule has 1 aliphatic rings. The van der Waals surface area contributed by atoms with Gasteiger partial charge in [0, 0.05) is 13.0 Å². The van der Waals surface area contributed by atoms with Crippen molar-refractivity contribution < 1.29 is 4.79 Å². The number of nitrogens with one attached hydrogen (secondary N) is 1. The van der Waals surface area contributed by atoms with Crippen molar-refractivity contribution in [2.24, 2.45) is 0 Å². The summed E-state index contributed by atoms with van der Waals surface area (Å²) in [5, 5.41) is 3.10. The van der Waals surface area contributed by atoms with Gasteiger partial charge in [0.25, 0.3) is 0 Å². The van der Waals surface area contributed by atoms with Crippen LogP contribution in [0.3, 0.4) is 0 Å².